The first kappa shape index (κ1) is 14.3. The third-order valence-electron chi connectivity index (χ3n) is 2.56. The Morgan fingerprint density at radius 1 is 1.50 bits per heavy atom. The molecule has 0 radical (unpaired) electrons. The monoisotopic (exact) mass is 321 g/mol. The number of pyridine rings is 1. The van der Waals surface area contributed by atoms with Crippen LogP contribution in [0, 0.1) is 11.3 Å². The Hall–Kier alpha value is 0.270. The van der Waals surface area contributed by atoms with E-state index in [1.54, 1.807) is 18.0 Å². The maximum atomic E-state index is 6.07. The molecule has 1 aromatic heterocycles. The summed E-state index contributed by atoms with van der Waals surface area (Å²) in [6.45, 7) is 6.79. The maximum absolute atomic E-state index is 6.07. The molecule has 0 aliphatic heterocycles. The molecule has 0 aromatic carbocycles. The highest BCUT2D eigenvalue weighted by atomic mass is 79.9. The second kappa shape index (κ2) is 6.27. The molecule has 0 fully saturated rings. The summed E-state index contributed by atoms with van der Waals surface area (Å²) in [7, 11) is 0. The SMILES string of the molecule is CC(C)(C)C(CBr)CSc1ncccc1Cl. The summed E-state index contributed by atoms with van der Waals surface area (Å²) >= 11 is 11.4. The zero-order valence-corrected chi connectivity index (χ0v) is 13.0. The van der Waals surface area contributed by atoms with E-state index in [9.17, 15) is 0 Å². The molecule has 1 unspecified atom stereocenters. The summed E-state index contributed by atoms with van der Waals surface area (Å²) in [5, 5.41) is 2.68. The number of alkyl halides is 1. The van der Waals surface area contributed by atoms with Crippen molar-refractivity contribution in [2.45, 2.75) is 25.8 Å². The van der Waals surface area contributed by atoms with Crippen molar-refractivity contribution in [3.8, 4) is 0 Å². The number of hydrogen-bond acceptors (Lipinski definition) is 2. The average molecular weight is 323 g/mol. The predicted octanol–water partition coefficient (Wildman–Crippen LogP) is 4.88. The lowest BCUT2D eigenvalue weighted by atomic mass is 9.83. The third-order valence-corrected chi connectivity index (χ3v) is 4.92. The first-order valence-corrected chi connectivity index (χ1v) is 7.73. The van der Waals surface area contributed by atoms with E-state index >= 15 is 0 Å². The quantitative estimate of drug-likeness (QED) is 0.578. The van der Waals surface area contributed by atoms with Crippen molar-refractivity contribution in [2.24, 2.45) is 11.3 Å². The van der Waals surface area contributed by atoms with Crippen LogP contribution in [0.3, 0.4) is 0 Å². The minimum atomic E-state index is 0.303. The van der Waals surface area contributed by atoms with Crippen molar-refractivity contribution in [1.82, 2.24) is 4.98 Å². The average Bonchev–Trinajstić information content (AvgIpc) is 2.19. The summed E-state index contributed by atoms with van der Waals surface area (Å²) < 4.78 is 0. The van der Waals surface area contributed by atoms with Gasteiger partial charge in [-0.2, -0.15) is 0 Å². The molecule has 4 heteroatoms. The largest absolute Gasteiger partial charge is 0.248 e. The Morgan fingerprint density at radius 2 is 2.19 bits per heavy atom. The fraction of sp³-hybridized carbons (Fsp3) is 0.583. The summed E-state index contributed by atoms with van der Waals surface area (Å²) in [6, 6.07) is 3.75. The van der Waals surface area contributed by atoms with Gasteiger partial charge in [0.2, 0.25) is 0 Å². The molecule has 0 N–H and O–H groups in total. The van der Waals surface area contributed by atoms with Crippen LogP contribution >= 0.6 is 39.3 Å². The van der Waals surface area contributed by atoms with E-state index in [4.69, 9.17) is 11.6 Å². The highest BCUT2D eigenvalue weighted by Crippen LogP contribution is 2.34. The van der Waals surface area contributed by atoms with Crippen molar-refractivity contribution < 1.29 is 0 Å². The first-order valence-electron chi connectivity index (χ1n) is 5.24. The van der Waals surface area contributed by atoms with Crippen LogP contribution < -0.4 is 0 Å². The molecule has 0 aliphatic rings. The minimum absolute atomic E-state index is 0.303. The molecule has 1 rings (SSSR count). The van der Waals surface area contributed by atoms with Crippen LogP contribution in [0.1, 0.15) is 20.8 Å². The summed E-state index contributed by atoms with van der Waals surface area (Å²) in [5.74, 6) is 1.64. The second-order valence-corrected chi connectivity index (χ2v) is 6.88. The van der Waals surface area contributed by atoms with E-state index in [1.807, 2.05) is 12.1 Å². The van der Waals surface area contributed by atoms with E-state index in [1.165, 1.54) is 0 Å². The van der Waals surface area contributed by atoms with Gasteiger partial charge in [0.15, 0.2) is 0 Å². The molecule has 1 heterocycles. The molecule has 0 bridgehead atoms. The zero-order valence-electron chi connectivity index (χ0n) is 9.84. The van der Waals surface area contributed by atoms with Gasteiger partial charge in [-0.25, -0.2) is 4.98 Å². The molecule has 1 aromatic rings. The zero-order chi connectivity index (χ0) is 12.2. The molecule has 0 saturated heterocycles. The van der Waals surface area contributed by atoms with Crippen LogP contribution in [0.5, 0.6) is 0 Å². The maximum Gasteiger partial charge on any atom is 0.115 e. The summed E-state index contributed by atoms with van der Waals surface area (Å²) in [6.07, 6.45) is 1.79. The normalized spacial score (nSPS) is 13.8. The second-order valence-electron chi connectivity index (χ2n) is 4.82. The van der Waals surface area contributed by atoms with Gasteiger partial charge in [-0.05, 0) is 23.5 Å². The Balaban J connectivity index is 2.60. The third kappa shape index (κ3) is 4.27. The fourth-order valence-corrected chi connectivity index (χ4v) is 4.29. The summed E-state index contributed by atoms with van der Waals surface area (Å²) in [4.78, 5) is 4.28. The van der Waals surface area contributed by atoms with Crippen LogP contribution in [0.4, 0.5) is 0 Å². The van der Waals surface area contributed by atoms with E-state index in [0.29, 0.717) is 11.3 Å². The lowest BCUT2D eigenvalue weighted by Crippen LogP contribution is -2.24. The van der Waals surface area contributed by atoms with Crippen molar-refractivity contribution >= 4 is 39.3 Å². The Labute approximate surface area is 115 Å². The van der Waals surface area contributed by atoms with Gasteiger partial charge < -0.3 is 0 Å². The lowest BCUT2D eigenvalue weighted by molar-refractivity contribution is 0.295. The van der Waals surface area contributed by atoms with Gasteiger partial charge in [0.05, 0.1) is 5.02 Å². The highest BCUT2D eigenvalue weighted by Gasteiger charge is 2.23. The van der Waals surface area contributed by atoms with Crippen LogP contribution in [0.15, 0.2) is 23.4 Å². The molecule has 90 valence electrons. The van der Waals surface area contributed by atoms with Gasteiger partial charge in [-0.3, -0.25) is 0 Å². The van der Waals surface area contributed by atoms with Crippen molar-refractivity contribution in [2.75, 3.05) is 11.1 Å². The van der Waals surface area contributed by atoms with E-state index in [2.05, 4.69) is 41.7 Å². The van der Waals surface area contributed by atoms with Crippen LogP contribution in [-0.2, 0) is 0 Å². The van der Waals surface area contributed by atoms with Gasteiger partial charge >= 0.3 is 0 Å². The molecule has 0 aliphatic carbocycles. The Morgan fingerprint density at radius 3 is 2.69 bits per heavy atom. The Kier molecular flexibility index (Phi) is 5.62. The molecule has 16 heavy (non-hydrogen) atoms. The molecule has 1 atom stereocenters. The van der Waals surface area contributed by atoms with Crippen molar-refractivity contribution in [3.05, 3.63) is 23.4 Å². The Bertz CT molecular complexity index is 338. The van der Waals surface area contributed by atoms with Gasteiger partial charge in [0.1, 0.15) is 5.03 Å². The number of hydrogen-bond donors (Lipinski definition) is 0. The van der Waals surface area contributed by atoms with Gasteiger partial charge in [0, 0.05) is 17.3 Å². The number of thioether (sulfide) groups is 1. The molecule has 0 saturated carbocycles. The molecule has 1 nitrogen and oxygen atoms in total. The standard InChI is InChI=1S/C12H17BrClNS/c1-12(2,3)9(7-13)8-16-11-10(14)5-4-6-15-11/h4-6,9H,7-8H2,1-3H3. The number of rotatable bonds is 4. The minimum Gasteiger partial charge on any atom is -0.248 e. The first-order chi connectivity index (χ1) is 7.45. The van der Waals surface area contributed by atoms with Gasteiger partial charge in [-0.1, -0.05) is 48.3 Å². The van der Waals surface area contributed by atoms with E-state index in [0.717, 1.165) is 21.1 Å². The molecule has 0 amide bonds. The van der Waals surface area contributed by atoms with Crippen molar-refractivity contribution in [1.29, 1.82) is 0 Å². The number of halogens is 2. The number of nitrogens with zero attached hydrogens (tertiary/aromatic N) is 1. The highest BCUT2D eigenvalue weighted by molar-refractivity contribution is 9.09. The molecular weight excluding hydrogens is 306 g/mol. The predicted molar refractivity (Wildman–Crippen MR) is 76.7 cm³/mol. The fourth-order valence-electron chi connectivity index (χ4n) is 1.18. The van der Waals surface area contributed by atoms with Gasteiger partial charge in [-0.15, -0.1) is 11.8 Å². The smallest absolute Gasteiger partial charge is 0.115 e. The van der Waals surface area contributed by atoms with Crippen LogP contribution in [0.2, 0.25) is 5.02 Å². The number of aromatic nitrogens is 1. The van der Waals surface area contributed by atoms with E-state index < -0.39 is 0 Å². The van der Waals surface area contributed by atoms with Crippen molar-refractivity contribution in [3.63, 3.8) is 0 Å². The lowest BCUT2D eigenvalue weighted by Gasteiger charge is -2.28. The van der Waals surface area contributed by atoms with Gasteiger partial charge in [0.25, 0.3) is 0 Å². The molecular formula is C12H17BrClNS. The topological polar surface area (TPSA) is 12.9 Å². The summed E-state index contributed by atoms with van der Waals surface area (Å²) in [5.41, 5.74) is 0.303. The van der Waals surface area contributed by atoms with E-state index in [-0.39, 0.29) is 0 Å². The molecule has 0 spiro atoms. The van der Waals surface area contributed by atoms with Crippen LogP contribution in [-0.4, -0.2) is 16.1 Å². The van der Waals surface area contributed by atoms with Crippen LogP contribution in [0.25, 0.3) is 0 Å².